The maximum Gasteiger partial charge on any atom is 0.227 e. The van der Waals surface area contributed by atoms with Gasteiger partial charge in [0.05, 0.1) is 35.4 Å². The number of benzene rings is 2. The standard InChI is InChI=1S/C29H37N7O2/c1-31-11-12-32-24-16-26(38-3)25(15-23(24)30)34-29-33-17-20(9-6-14-37-2)27(35-29)22-18-36-13-5-8-19-7-4-10-21(22)28(19)36/h4,7,10,15-18,31-32H,5-6,8-9,11-14,30H2,1-3H3,(H,33,34,35). The van der Waals surface area contributed by atoms with Gasteiger partial charge in [-0.2, -0.15) is 0 Å². The van der Waals surface area contributed by atoms with Gasteiger partial charge in [-0.3, -0.25) is 0 Å². The molecular formula is C29H37N7O2. The van der Waals surface area contributed by atoms with Crippen LogP contribution in [0.1, 0.15) is 24.0 Å². The van der Waals surface area contributed by atoms with Gasteiger partial charge in [-0.25, -0.2) is 9.97 Å². The van der Waals surface area contributed by atoms with Crippen molar-refractivity contribution in [2.45, 2.75) is 32.2 Å². The molecule has 0 amide bonds. The molecule has 0 saturated heterocycles. The number of aryl methyl sites for hydroxylation is 3. The SMILES string of the molecule is CNCCNc1cc(OC)c(Nc2ncc(CCCOC)c(-c3cn4c5c(cccc35)CCC4)n2)cc1N. The third-order valence-corrected chi connectivity index (χ3v) is 7.05. The number of nitrogens with two attached hydrogens (primary N) is 1. The highest BCUT2D eigenvalue weighted by Crippen LogP contribution is 2.38. The second kappa shape index (κ2) is 11.7. The van der Waals surface area contributed by atoms with Crippen LogP contribution < -0.4 is 26.4 Å². The van der Waals surface area contributed by atoms with Crippen molar-refractivity contribution in [3.05, 3.63) is 53.9 Å². The number of hydrogen-bond acceptors (Lipinski definition) is 8. The van der Waals surface area contributed by atoms with E-state index in [-0.39, 0.29) is 0 Å². The molecule has 0 bridgehead atoms. The van der Waals surface area contributed by atoms with E-state index in [9.17, 15) is 0 Å². The van der Waals surface area contributed by atoms with E-state index in [1.807, 2.05) is 25.4 Å². The molecule has 0 aliphatic carbocycles. The Hall–Kier alpha value is -3.82. The number of nitrogens with one attached hydrogen (secondary N) is 3. The van der Waals surface area contributed by atoms with Gasteiger partial charge in [0.1, 0.15) is 5.75 Å². The Bertz CT molecular complexity index is 1420. The first-order valence-electron chi connectivity index (χ1n) is 13.2. The van der Waals surface area contributed by atoms with E-state index < -0.39 is 0 Å². The van der Waals surface area contributed by atoms with E-state index >= 15 is 0 Å². The smallest absolute Gasteiger partial charge is 0.227 e. The van der Waals surface area contributed by atoms with E-state index in [0.29, 0.717) is 29.7 Å². The zero-order valence-corrected chi connectivity index (χ0v) is 22.4. The van der Waals surface area contributed by atoms with Crippen LogP contribution in [-0.4, -0.2) is 55.5 Å². The summed E-state index contributed by atoms with van der Waals surface area (Å²) in [5, 5.41) is 11.0. The van der Waals surface area contributed by atoms with Crippen molar-refractivity contribution in [3.63, 3.8) is 0 Å². The number of methoxy groups -OCH3 is 2. The molecule has 200 valence electrons. The molecule has 9 heteroatoms. The zero-order valence-electron chi connectivity index (χ0n) is 22.4. The molecule has 1 aliphatic rings. The number of anilines is 4. The molecule has 0 unspecified atom stereocenters. The molecule has 0 spiro atoms. The van der Waals surface area contributed by atoms with Crippen LogP contribution in [-0.2, 0) is 24.1 Å². The van der Waals surface area contributed by atoms with Gasteiger partial charge in [0.2, 0.25) is 5.95 Å². The molecule has 2 aromatic carbocycles. The highest BCUT2D eigenvalue weighted by Gasteiger charge is 2.20. The summed E-state index contributed by atoms with van der Waals surface area (Å²) in [6, 6.07) is 10.4. The van der Waals surface area contributed by atoms with Crippen molar-refractivity contribution in [1.29, 1.82) is 0 Å². The molecule has 5 rings (SSSR count). The fourth-order valence-electron chi connectivity index (χ4n) is 5.19. The largest absolute Gasteiger partial charge is 0.494 e. The van der Waals surface area contributed by atoms with Crippen molar-refractivity contribution >= 4 is 33.9 Å². The predicted molar refractivity (Wildman–Crippen MR) is 155 cm³/mol. The number of likely N-dealkylation sites (N-methyl/N-ethyl adjacent to an activating group) is 1. The van der Waals surface area contributed by atoms with Gasteiger partial charge in [0.15, 0.2) is 0 Å². The van der Waals surface area contributed by atoms with Crippen molar-refractivity contribution in [2.75, 3.05) is 57.3 Å². The normalized spacial score (nSPS) is 12.6. The number of ether oxygens (including phenoxy) is 2. The molecule has 0 fully saturated rings. The minimum Gasteiger partial charge on any atom is -0.494 e. The van der Waals surface area contributed by atoms with Gasteiger partial charge in [-0.05, 0) is 49.9 Å². The lowest BCUT2D eigenvalue weighted by Gasteiger charge is -2.16. The lowest BCUT2D eigenvalue weighted by atomic mass is 9.99. The van der Waals surface area contributed by atoms with E-state index in [2.05, 4.69) is 49.9 Å². The summed E-state index contributed by atoms with van der Waals surface area (Å²) in [7, 11) is 5.29. The zero-order chi connectivity index (χ0) is 26.5. The first-order valence-corrected chi connectivity index (χ1v) is 13.2. The summed E-state index contributed by atoms with van der Waals surface area (Å²) in [5.41, 5.74) is 14.4. The highest BCUT2D eigenvalue weighted by molar-refractivity contribution is 5.98. The second-order valence-electron chi connectivity index (χ2n) is 9.61. The molecular weight excluding hydrogens is 478 g/mol. The van der Waals surface area contributed by atoms with Crippen molar-refractivity contribution in [2.24, 2.45) is 0 Å². The number of nitrogens with zero attached hydrogens (tertiary/aromatic N) is 3. The first-order chi connectivity index (χ1) is 18.6. The number of rotatable bonds is 12. The summed E-state index contributed by atoms with van der Waals surface area (Å²) in [4.78, 5) is 9.73. The minimum atomic E-state index is 0.496. The van der Waals surface area contributed by atoms with Crippen LogP contribution in [0.15, 0.2) is 42.7 Å². The van der Waals surface area contributed by atoms with Gasteiger partial charge < -0.3 is 35.7 Å². The van der Waals surface area contributed by atoms with Crippen molar-refractivity contribution in [1.82, 2.24) is 19.9 Å². The lowest BCUT2D eigenvalue weighted by molar-refractivity contribution is 0.195. The molecule has 2 aromatic heterocycles. The van der Waals surface area contributed by atoms with Gasteiger partial charge in [0, 0.05) is 62.8 Å². The van der Waals surface area contributed by atoms with Crippen LogP contribution >= 0.6 is 0 Å². The van der Waals surface area contributed by atoms with Gasteiger partial charge in [-0.1, -0.05) is 18.2 Å². The molecule has 38 heavy (non-hydrogen) atoms. The van der Waals surface area contributed by atoms with E-state index in [1.54, 1.807) is 14.2 Å². The fraction of sp³-hybridized carbons (Fsp3) is 0.379. The van der Waals surface area contributed by atoms with Gasteiger partial charge in [-0.15, -0.1) is 0 Å². The number of aromatic nitrogens is 3. The Morgan fingerprint density at radius 1 is 1.13 bits per heavy atom. The average molecular weight is 516 g/mol. The molecule has 9 nitrogen and oxygen atoms in total. The van der Waals surface area contributed by atoms with Gasteiger partial charge in [0.25, 0.3) is 0 Å². The highest BCUT2D eigenvalue weighted by atomic mass is 16.5. The third kappa shape index (κ3) is 5.25. The van der Waals surface area contributed by atoms with Crippen LogP contribution in [0.3, 0.4) is 0 Å². The Morgan fingerprint density at radius 3 is 2.84 bits per heavy atom. The maximum atomic E-state index is 6.36. The van der Waals surface area contributed by atoms with E-state index in [1.165, 1.54) is 16.5 Å². The maximum absolute atomic E-state index is 6.36. The van der Waals surface area contributed by atoms with Crippen molar-refractivity contribution < 1.29 is 9.47 Å². The summed E-state index contributed by atoms with van der Waals surface area (Å²) in [6.07, 6.45) is 8.17. The summed E-state index contributed by atoms with van der Waals surface area (Å²) in [5.74, 6) is 1.16. The second-order valence-corrected chi connectivity index (χ2v) is 9.61. The number of hydrogen-bond donors (Lipinski definition) is 4. The fourth-order valence-corrected chi connectivity index (χ4v) is 5.19. The molecule has 4 aromatic rings. The minimum absolute atomic E-state index is 0.496. The molecule has 5 N–H and O–H groups in total. The summed E-state index contributed by atoms with van der Waals surface area (Å²) < 4.78 is 13.4. The van der Waals surface area contributed by atoms with Crippen LogP contribution in [0.4, 0.5) is 23.0 Å². The molecule has 0 atom stereocenters. The predicted octanol–water partition coefficient (Wildman–Crippen LogP) is 4.59. The number of para-hydroxylation sites is 1. The summed E-state index contributed by atoms with van der Waals surface area (Å²) in [6.45, 7) is 3.29. The van der Waals surface area contributed by atoms with Crippen molar-refractivity contribution in [3.8, 4) is 17.0 Å². The topological polar surface area (TPSA) is 111 Å². The van der Waals surface area contributed by atoms with E-state index in [4.69, 9.17) is 20.2 Å². The Balaban J connectivity index is 1.52. The third-order valence-electron chi connectivity index (χ3n) is 7.05. The van der Waals surface area contributed by atoms with Gasteiger partial charge >= 0.3 is 0 Å². The molecule has 0 saturated carbocycles. The molecule has 3 heterocycles. The van der Waals surface area contributed by atoms with Crippen LogP contribution in [0.25, 0.3) is 22.2 Å². The molecule has 0 radical (unpaired) electrons. The molecule has 1 aliphatic heterocycles. The van der Waals surface area contributed by atoms with E-state index in [0.717, 1.165) is 67.8 Å². The average Bonchev–Trinajstić information content (AvgIpc) is 3.31. The number of nitrogen functional groups attached to an aromatic ring is 1. The Morgan fingerprint density at radius 2 is 2.03 bits per heavy atom. The van der Waals surface area contributed by atoms with Crippen LogP contribution in [0.2, 0.25) is 0 Å². The Labute approximate surface area is 223 Å². The quantitative estimate of drug-likeness (QED) is 0.160. The first kappa shape index (κ1) is 25.8. The van der Waals surface area contributed by atoms with Crippen LogP contribution in [0.5, 0.6) is 5.75 Å². The Kier molecular flexibility index (Phi) is 7.95. The lowest BCUT2D eigenvalue weighted by Crippen LogP contribution is -2.18. The summed E-state index contributed by atoms with van der Waals surface area (Å²) >= 11 is 0. The monoisotopic (exact) mass is 515 g/mol. The van der Waals surface area contributed by atoms with Crippen LogP contribution in [0, 0.1) is 0 Å².